The Morgan fingerprint density at radius 2 is 1.72 bits per heavy atom. The largest absolute Gasteiger partial charge is 0.324 e. The highest BCUT2D eigenvalue weighted by atomic mass is 35.5. The van der Waals surface area contributed by atoms with E-state index < -0.39 is 0 Å². The van der Waals surface area contributed by atoms with E-state index in [1.165, 1.54) is 16.3 Å². The molecule has 3 aromatic carbocycles. The molecule has 25 heavy (non-hydrogen) atoms. The second-order valence-corrected chi connectivity index (χ2v) is 6.63. The summed E-state index contributed by atoms with van der Waals surface area (Å²) >= 11 is 6.09. The molecule has 0 radical (unpaired) electrons. The number of para-hydroxylation sites is 1. The average Bonchev–Trinajstić information content (AvgIpc) is 2.62. The molecule has 128 valence electrons. The van der Waals surface area contributed by atoms with Crippen LogP contribution in [0.5, 0.6) is 0 Å². The van der Waals surface area contributed by atoms with Crippen LogP contribution in [-0.4, -0.2) is 24.4 Å². The molecule has 0 aromatic heterocycles. The quantitative estimate of drug-likeness (QED) is 0.690. The van der Waals surface area contributed by atoms with E-state index in [4.69, 9.17) is 11.6 Å². The summed E-state index contributed by atoms with van der Waals surface area (Å²) in [6.07, 6.45) is 0. The van der Waals surface area contributed by atoms with Gasteiger partial charge in [0.25, 0.3) is 0 Å². The van der Waals surface area contributed by atoms with Crippen LogP contribution < -0.4 is 5.32 Å². The van der Waals surface area contributed by atoms with Crippen molar-refractivity contribution in [1.82, 2.24) is 4.90 Å². The molecular formula is C21H21ClN2O. The number of carbonyl (C=O) groups excluding carboxylic acids is 1. The Kier molecular flexibility index (Phi) is 5.37. The van der Waals surface area contributed by atoms with E-state index in [0.717, 1.165) is 0 Å². The zero-order chi connectivity index (χ0) is 17.8. The number of likely N-dealkylation sites (N-methyl/N-ethyl adjacent to an activating group) is 1. The van der Waals surface area contributed by atoms with E-state index in [0.29, 0.717) is 17.3 Å². The number of anilines is 1. The molecule has 1 N–H and O–H groups in total. The van der Waals surface area contributed by atoms with Gasteiger partial charge in [-0.05, 0) is 48.5 Å². The first-order valence-electron chi connectivity index (χ1n) is 8.28. The number of amides is 1. The average molecular weight is 353 g/mol. The standard InChI is InChI=1S/C21H21ClN2O/c1-15(17-12-11-16-7-3-4-8-18(16)13-17)24(2)14-21(25)23-20-10-6-5-9-19(20)22/h3-13,15H,14H2,1-2H3,(H,23,25). The van der Waals surface area contributed by atoms with E-state index in [2.05, 4.69) is 42.6 Å². The topological polar surface area (TPSA) is 32.3 Å². The van der Waals surface area contributed by atoms with Crippen LogP contribution in [0.4, 0.5) is 5.69 Å². The van der Waals surface area contributed by atoms with Crippen LogP contribution in [0.1, 0.15) is 18.5 Å². The molecule has 0 fully saturated rings. The third-order valence-electron chi connectivity index (χ3n) is 4.46. The van der Waals surface area contributed by atoms with Crippen LogP contribution in [0.15, 0.2) is 66.7 Å². The van der Waals surface area contributed by atoms with E-state index in [9.17, 15) is 4.79 Å². The van der Waals surface area contributed by atoms with Gasteiger partial charge >= 0.3 is 0 Å². The van der Waals surface area contributed by atoms with Crippen molar-refractivity contribution in [3.05, 3.63) is 77.3 Å². The van der Waals surface area contributed by atoms with Gasteiger partial charge in [0.2, 0.25) is 5.91 Å². The molecule has 1 amide bonds. The molecule has 1 atom stereocenters. The fraction of sp³-hybridized carbons (Fsp3) is 0.190. The number of hydrogen-bond donors (Lipinski definition) is 1. The molecule has 3 rings (SSSR count). The predicted octanol–water partition coefficient (Wildman–Crippen LogP) is 5.12. The molecule has 4 heteroatoms. The minimum absolute atomic E-state index is 0.0803. The van der Waals surface area contributed by atoms with Gasteiger partial charge in [-0.3, -0.25) is 9.69 Å². The SMILES string of the molecule is CC(c1ccc2ccccc2c1)N(C)CC(=O)Nc1ccccc1Cl. The fourth-order valence-electron chi connectivity index (χ4n) is 2.84. The van der Waals surface area contributed by atoms with Crippen molar-refractivity contribution >= 4 is 34.0 Å². The molecule has 0 aliphatic rings. The molecule has 0 heterocycles. The van der Waals surface area contributed by atoms with Crippen molar-refractivity contribution in [2.45, 2.75) is 13.0 Å². The van der Waals surface area contributed by atoms with Gasteiger partial charge in [-0.1, -0.05) is 60.1 Å². The molecule has 3 nitrogen and oxygen atoms in total. The van der Waals surface area contributed by atoms with E-state index in [1.54, 1.807) is 12.1 Å². The van der Waals surface area contributed by atoms with E-state index >= 15 is 0 Å². The zero-order valence-corrected chi connectivity index (χ0v) is 15.1. The van der Waals surface area contributed by atoms with Crippen LogP contribution in [0.25, 0.3) is 10.8 Å². The smallest absolute Gasteiger partial charge is 0.238 e. The molecule has 0 bridgehead atoms. The number of benzene rings is 3. The summed E-state index contributed by atoms with van der Waals surface area (Å²) < 4.78 is 0. The lowest BCUT2D eigenvalue weighted by Crippen LogP contribution is -2.32. The minimum atomic E-state index is -0.0803. The second-order valence-electron chi connectivity index (χ2n) is 6.23. The summed E-state index contributed by atoms with van der Waals surface area (Å²) in [6.45, 7) is 2.39. The fourth-order valence-corrected chi connectivity index (χ4v) is 3.02. The first kappa shape index (κ1) is 17.5. The maximum absolute atomic E-state index is 12.3. The highest BCUT2D eigenvalue weighted by molar-refractivity contribution is 6.33. The summed E-state index contributed by atoms with van der Waals surface area (Å²) in [5.41, 5.74) is 1.83. The first-order valence-corrected chi connectivity index (χ1v) is 8.66. The Bertz CT molecular complexity index is 894. The van der Waals surface area contributed by atoms with Gasteiger partial charge in [-0.25, -0.2) is 0 Å². The lowest BCUT2D eigenvalue weighted by Gasteiger charge is -2.25. The number of hydrogen-bond acceptors (Lipinski definition) is 2. The lowest BCUT2D eigenvalue weighted by molar-refractivity contribution is -0.117. The Labute approximate surface area is 153 Å². The molecule has 3 aromatic rings. The third kappa shape index (κ3) is 4.19. The number of nitrogens with zero attached hydrogens (tertiary/aromatic N) is 1. The van der Waals surface area contributed by atoms with Gasteiger partial charge in [0.1, 0.15) is 0 Å². The number of nitrogens with one attached hydrogen (secondary N) is 1. The summed E-state index contributed by atoms with van der Waals surface area (Å²) in [7, 11) is 1.95. The van der Waals surface area contributed by atoms with Gasteiger partial charge < -0.3 is 5.32 Å². The van der Waals surface area contributed by atoms with Crippen LogP contribution in [-0.2, 0) is 4.79 Å². The van der Waals surface area contributed by atoms with Gasteiger partial charge in [-0.2, -0.15) is 0 Å². The molecular weight excluding hydrogens is 332 g/mol. The van der Waals surface area contributed by atoms with Crippen molar-refractivity contribution in [2.24, 2.45) is 0 Å². The van der Waals surface area contributed by atoms with Gasteiger partial charge in [0, 0.05) is 6.04 Å². The van der Waals surface area contributed by atoms with Gasteiger partial charge in [0.15, 0.2) is 0 Å². The number of halogens is 1. The predicted molar refractivity (Wildman–Crippen MR) is 105 cm³/mol. The lowest BCUT2D eigenvalue weighted by atomic mass is 10.0. The Balaban J connectivity index is 1.68. The third-order valence-corrected chi connectivity index (χ3v) is 4.79. The summed E-state index contributed by atoms with van der Waals surface area (Å²) in [5.74, 6) is -0.0803. The van der Waals surface area contributed by atoms with Crippen molar-refractivity contribution in [3.8, 4) is 0 Å². The van der Waals surface area contributed by atoms with Crippen LogP contribution in [0.3, 0.4) is 0 Å². The first-order chi connectivity index (χ1) is 12.0. The maximum Gasteiger partial charge on any atom is 0.238 e. The molecule has 0 aliphatic carbocycles. The molecule has 0 saturated heterocycles. The monoisotopic (exact) mass is 352 g/mol. The second kappa shape index (κ2) is 7.68. The molecule has 0 saturated carbocycles. The van der Waals surface area contributed by atoms with Crippen molar-refractivity contribution < 1.29 is 4.79 Å². The van der Waals surface area contributed by atoms with Gasteiger partial charge in [-0.15, -0.1) is 0 Å². The Morgan fingerprint density at radius 3 is 2.48 bits per heavy atom. The Hall–Kier alpha value is -2.36. The summed E-state index contributed by atoms with van der Waals surface area (Å²) in [4.78, 5) is 14.3. The highest BCUT2D eigenvalue weighted by Gasteiger charge is 2.16. The zero-order valence-electron chi connectivity index (χ0n) is 14.4. The summed E-state index contributed by atoms with van der Waals surface area (Å²) in [5, 5.41) is 5.84. The molecule has 0 aliphatic heterocycles. The maximum atomic E-state index is 12.3. The van der Waals surface area contributed by atoms with Crippen molar-refractivity contribution in [2.75, 3.05) is 18.9 Å². The summed E-state index contributed by atoms with van der Waals surface area (Å²) in [6, 6.07) is 22.1. The number of fused-ring (bicyclic) bond motifs is 1. The van der Waals surface area contributed by atoms with Gasteiger partial charge in [0.05, 0.1) is 17.3 Å². The van der Waals surface area contributed by atoms with Crippen molar-refractivity contribution in [3.63, 3.8) is 0 Å². The molecule has 1 unspecified atom stereocenters. The normalized spacial score (nSPS) is 12.3. The van der Waals surface area contributed by atoms with E-state index in [-0.39, 0.29) is 11.9 Å². The van der Waals surface area contributed by atoms with Crippen LogP contribution in [0.2, 0.25) is 5.02 Å². The molecule has 0 spiro atoms. The van der Waals surface area contributed by atoms with E-state index in [1.807, 2.05) is 36.2 Å². The van der Waals surface area contributed by atoms with Crippen LogP contribution in [0, 0.1) is 0 Å². The highest BCUT2D eigenvalue weighted by Crippen LogP contribution is 2.24. The Morgan fingerprint density at radius 1 is 1.04 bits per heavy atom. The number of carbonyl (C=O) groups is 1. The minimum Gasteiger partial charge on any atom is -0.324 e. The van der Waals surface area contributed by atoms with Crippen LogP contribution >= 0.6 is 11.6 Å². The number of rotatable bonds is 5. The van der Waals surface area contributed by atoms with Crippen molar-refractivity contribution in [1.29, 1.82) is 0 Å².